The molecule has 2 unspecified atom stereocenters. The Hall–Kier alpha value is -2.00. The summed E-state index contributed by atoms with van der Waals surface area (Å²) in [5.74, 6) is -1.28. The molecule has 0 saturated carbocycles. The summed E-state index contributed by atoms with van der Waals surface area (Å²) in [6.07, 6.45) is 27.6. The van der Waals surface area contributed by atoms with Crippen LogP contribution in [0.1, 0.15) is 167 Å². The fourth-order valence-corrected chi connectivity index (χ4v) is 5.99. The fourth-order valence-electron chi connectivity index (χ4n) is 5.28. The highest BCUT2D eigenvalue weighted by atomic mass is 31.2. The van der Waals surface area contributed by atoms with Gasteiger partial charge in [0.15, 0.2) is 6.10 Å². The SMILES string of the molecule is C=CCOP(=O)([O-])OCC(COC(=O)CCCCCCCCCCCCCCC)OC(=O)CCCCCCCCCCCCOC(=O)C=C. The third kappa shape index (κ3) is 34.2. The second-order valence-corrected chi connectivity index (χ2v) is 14.2. The van der Waals surface area contributed by atoms with Crippen molar-refractivity contribution in [3.05, 3.63) is 25.3 Å². The molecule has 10 nitrogen and oxygen atoms in total. The van der Waals surface area contributed by atoms with E-state index in [1.54, 1.807) is 0 Å². The molecule has 0 saturated heterocycles. The molecule has 0 radical (unpaired) electrons. The van der Waals surface area contributed by atoms with Crippen molar-refractivity contribution in [3.8, 4) is 0 Å². The number of esters is 3. The van der Waals surface area contributed by atoms with Crippen LogP contribution in [0.5, 0.6) is 0 Å². The van der Waals surface area contributed by atoms with Crippen molar-refractivity contribution < 1.29 is 47.1 Å². The van der Waals surface area contributed by atoms with Crippen molar-refractivity contribution in [2.24, 2.45) is 0 Å². The molecule has 0 aromatic heterocycles. The van der Waals surface area contributed by atoms with Crippen LogP contribution in [0.3, 0.4) is 0 Å². The van der Waals surface area contributed by atoms with E-state index in [0.29, 0.717) is 13.0 Å². The number of carbonyl (C=O) groups excluding carboxylic acids is 3. The van der Waals surface area contributed by atoms with Crippen LogP contribution in [0.4, 0.5) is 0 Å². The largest absolute Gasteiger partial charge is 0.756 e. The van der Waals surface area contributed by atoms with Gasteiger partial charge in [0.25, 0.3) is 7.82 Å². The van der Waals surface area contributed by atoms with E-state index >= 15 is 0 Å². The molecule has 2 atom stereocenters. The minimum atomic E-state index is -4.63. The molecule has 0 bridgehead atoms. The quantitative estimate of drug-likeness (QED) is 0.0153. The zero-order valence-electron chi connectivity index (χ0n) is 30.7. The Morgan fingerprint density at radius 3 is 1.53 bits per heavy atom. The Morgan fingerprint density at radius 2 is 1.06 bits per heavy atom. The second-order valence-electron chi connectivity index (χ2n) is 12.8. The Morgan fingerprint density at radius 1 is 0.612 bits per heavy atom. The number of hydrogen-bond donors (Lipinski definition) is 0. The van der Waals surface area contributed by atoms with E-state index in [4.69, 9.17) is 18.7 Å². The van der Waals surface area contributed by atoms with Crippen molar-refractivity contribution in [3.63, 3.8) is 0 Å². The highest BCUT2D eigenvalue weighted by Crippen LogP contribution is 2.38. The van der Waals surface area contributed by atoms with Crippen molar-refractivity contribution in [1.29, 1.82) is 0 Å². The average molecular weight is 716 g/mol. The topological polar surface area (TPSA) is 137 Å². The van der Waals surface area contributed by atoms with Gasteiger partial charge < -0.3 is 28.2 Å². The monoisotopic (exact) mass is 715 g/mol. The van der Waals surface area contributed by atoms with Crippen molar-refractivity contribution >= 4 is 25.7 Å². The molecule has 0 aromatic rings. The van der Waals surface area contributed by atoms with Crippen LogP contribution < -0.4 is 4.89 Å². The van der Waals surface area contributed by atoms with Gasteiger partial charge in [0.2, 0.25) is 0 Å². The lowest BCUT2D eigenvalue weighted by atomic mass is 10.0. The maximum Gasteiger partial charge on any atom is 0.330 e. The summed E-state index contributed by atoms with van der Waals surface area (Å²) >= 11 is 0. The van der Waals surface area contributed by atoms with E-state index in [0.717, 1.165) is 77.0 Å². The van der Waals surface area contributed by atoms with E-state index < -0.39 is 32.5 Å². The lowest BCUT2D eigenvalue weighted by molar-refractivity contribution is -0.227. The Labute approximate surface area is 297 Å². The number of unbranched alkanes of at least 4 members (excludes halogenated alkanes) is 21. The zero-order valence-corrected chi connectivity index (χ0v) is 31.6. The molecule has 11 heteroatoms. The van der Waals surface area contributed by atoms with Gasteiger partial charge in [-0.15, -0.1) is 6.58 Å². The molecule has 0 aliphatic rings. The maximum atomic E-state index is 12.5. The van der Waals surface area contributed by atoms with Crippen LogP contribution in [0.25, 0.3) is 0 Å². The molecule has 0 heterocycles. The van der Waals surface area contributed by atoms with Crippen molar-refractivity contribution in [2.75, 3.05) is 26.4 Å². The van der Waals surface area contributed by atoms with E-state index in [1.165, 1.54) is 76.4 Å². The second kappa shape index (κ2) is 34.4. The minimum Gasteiger partial charge on any atom is -0.756 e. The summed E-state index contributed by atoms with van der Waals surface area (Å²) in [6.45, 7) is 8.43. The molecule has 0 amide bonds. The molecule has 49 heavy (non-hydrogen) atoms. The molecule has 0 aliphatic carbocycles. The molecule has 0 aliphatic heterocycles. The van der Waals surface area contributed by atoms with Crippen LogP contribution in [0.2, 0.25) is 0 Å². The first kappa shape index (κ1) is 47.0. The number of hydrogen-bond acceptors (Lipinski definition) is 10. The zero-order chi connectivity index (χ0) is 36.3. The third-order valence-corrected chi connectivity index (χ3v) is 9.10. The first-order valence-corrected chi connectivity index (χ1v) is 20.6. The lowest BCUT2D eigenvalue weighted by Crippen LogP contribution is -2.30. The molecular formula is C38H68O10P-. The van der Waals surface area contributed by atoms with Crippen molar-refractivity contribution in [1.82, 2.24) is 0 Å². The molecule has 0 N–H and O–H groups in total. The number of ether oxygens (including phenoxy) is 3. The van der Waals surface area contributed by atoms with Gasteiger partial charge in [-0.2, -0.15) is 0 Å². The van der Waals surface area contributed by atoms with Gasteiger partial charge in [-0.1, -0.05) is 148 Å². The summed E-state index contributed by atoms with van der Waals surface area (Å²) in [7, 11) is -4.63. The molecular weight excluding hydrogens is 647 g/mol. The molecule has 286 valence electrons. The first-order chi connectivity index (χ1) is 23.7. The smallest absolute Gasteiger partial charge is 0.330 e. The van der Waals surface area contributed by atoms with E-state index in [9.17, 15) is 23.8 Å². The average Bonchev–Trinajstić information content (AvgIpc) is 3.09. The standard InChI is InChI=1S/C38H69O10P/c1-4-7-8-9-10-11-12-13-14-17-20-23-26-29-37(40)45-33-35(34-47-49(42,43)46-31-5-2)48-38(41)30-27-24-21-18-15-16-19-22-25-28-32-44-36(39)6-3/h5-6,35H,2-4,7-34H2,1H3,(H,42,43)/p-1. The van der Waals surface area contributed by atoms with Gasteiger partial charge in [-0.25, -0.2) is 4.79 Å². The van der Waals surface area contributed by atoms with Crippen molar-refractivity contribution in [2.45, 2.75) is 174 Å². The Bertz CT molecular complexity index is 894. The highest BCUT2D eigenvalue weighted by Gasteiger charge is 2.21. The minimum absolute atomic E-state index is 0.182. The number of rotatable bonds is 37. The van der Waals surface area contributed by atoms with Gasteiger partial charge in [0.05, 0.1) is 19.8 Å². The molecule has 0 aromatic carbocycles. The van der Waals surface area contributed by atoms with E-state index in [2.05, 4.69) is 24.6 Å². The summed E-state index contributed by atoms with van der Waals surface area (Å²) in [5.41, 5.74) is 0. The van der Waals surface area contributed by atoms with Gasteiger partial charge in [0, 0.05) is 18.9 Å². The molecule has 0 fully saturated rings. The Balaban J connectivity index is 4.18. The maximum absolute atomic E-state index is 12.5. The third-order valence-electron chi connectivity index (χ3n) is 8.17. The van der Waals surface area contributed by atoms with E-state index in [1.807, 2.05) is 0 Å². The van der Waals surface area contributed by atoms with Crippen LogP contribution >= 0.6 is 7.82 Å². The molecule has 0 rings (SSSR count). The summed E-state index contributed by atoms with van der Waals surface area (Å²) in [5, 5.41) is 0. The predicted molar refractivity (Wildman–Crippen MR) is 193 cm³/mol. The summed E-state index contributed by atoms with van der Waals surface area (Å²) in [4.78, 5) is 47.8. The number of phosphoric acid groups is 1. The normalized spacial score (nSPS) is 12.9. The number of carbonyl (C=O) groups is 3. The predicted octanol–water partition coefficient (Wildman–Crippen LogP) is 9.63. The van der Waals surface area contributed by atoms with Crippen LogP contribution in [-0.4, -0.2) is 50.4 Å². The van der Waals surface area contributed by atoms with Gasteiger partial charge in [0.1, 0.15) is 6.61 Å². The van der Waals surface area contributed by atoms with Crippen LogP contribution in [-0.2, 0) is 42.2 Å². The fraction of sp³-hybridized carbons (Fsp3) is 0.816. The van der Waals surface area contributed by atoms with Gasteiger partial charge in [-0.05, 0) is 19.3 Å². The summed E-state index contributed by atoms with van der Waals surface area (Å²) < 4.78 is 37.2. The summed E-state index contributed by atoms with van der Waals surface area (Å²) in [6, 6.07) is 0. The van der Waals surface area contributed by atoms with Gasteiger partial charge >= 0.3 is 17.9 Å². The molecule has 0 spiro atoms. The van der Waals surface area contributed by atoms with Crippen LogP contribution in [0.15, 0.2) is 25.3 Å². The van der Waals surface area contributed by atoms with Gasteiger partial charge in [-0.3, -0.25) is 14.2 Å². The van der Waals surface area contributed by atoms with E-state index in [-0.39, 0.29) is 32.0 Å². The van der Waals surface area contributed by atoms with Crippen LogP contribution in [0, 0.1) is 0 Å². The first-order valence-electron chi connectivity index (χ1n) is 19.1. The number of phosphoric ester groups is 1. The highest BCUT2D eigenvalue weighted by molar-refractivity contribution is 7.45. The Kier molecular flexibility index (Phi) is 33.0. The lowest BCUT2D eigenvalue weighted by Gasteiger charge is -2.25.